The van der Waals surface area contributed by atoms with E-state index in [1.54, 1.807) is 37.5 Å². The molecule has 0 saturated heterocycles. The normalized spacial score (nSPS) is 10.3. The van der Waals surface area contributed by atoms with Crippen molar-refractivity contribution in [2.45, 2.75) is 13.3 Å². The molecule has 0 fully saturated rings. The van der Waals surface area contributed by atoms with E-state index in [-0.39, 0.29) is 5.91 Å². The third-order valence-electron chi connectivity index (χ3n) is 2.42. The van der Waals surface area contributed by atoms with Gasteiger partial charge in [0.25, 0.3) is 5.91 Å². The van der Waals surface area contributed by atoms with Crippen LogP contribution in [0, 0.1) is 6.92 Å². The van der Waals surface area contributed by atoms with Crippen LogP contribution in [0.5, 0.6) is 0 Å². The number of carbonyl (C=O) groups is 1. The van der Waals surface area contributed by atoms with Crippen molar-refractivity contribution in [1.29, 1.82) is 0 Å². The number of hydrogen-bond donors (Lipinski definition) is 1. The highest BCUT2D eigenvalue weighted by molar-refractivity contribution is 6.30. The largest absolute Gasteiger partial charge is 0.449 e. The Morgan fingerprint density at radius 1 is 1.50 bits per heavy atom. The van der Waals surface area contributed by atoms with Crippen LogP contribution in [0.1, 0.15) is 21.9 Å². The molecule has 0 spiro atoms. The molecule has 2 rings (SSSR count). The van der Waals surface area contributed by atoms with Gasteiger partial charge in [-0.05, 0) is 18.2 Å². The lowest BCUT2D eigenvalue weighted by molar-refractivity contribution is 0.0954. The molecule has 0 atom stereocenters. The number of nitrogens with one attached hydrogen (secondary N) is 1. The molecule has 5 heteroatoms. The molecule has 0 radical (unpaired) electrons. The van der Waals surface area contributed by atoms with Gasteiger partial charge in [-0.15, -0.1) is 0 Å². The zero-order valence-corrected chi connectivity index (χ0v) is 10.7. The average Bonchev–Trinajstić information content (AvgIpc) is 2.75. The van der Waals surface area contributed by atoms with E-state index in [1.165, 1.54) is 0 Å². The minimum Gasteiger partial charge on any atom is -0.449 e. The Bertz CT molecular complexity index is 551. The van der Waals surface area contributed by atoms with Gasteiger partial charge in [-0.1, -0.05) is 17.7 Å². The van der Waals surface area contributed by atoms with Crippen molar-refractivity contribution < 1.29 is 9.21 Å². The van der Waals surface area contributed by atoms with Gasteiger partial charge in [0.2, 0.25) is 0 Å². The SMILES string of the molecule is Cc1nc(CCNC(=O)c2cccc(Cl)c2)co1. The lowest BCUT2D eigenvalue weighted by atomic mass is 10.2. The number of amides is 1. The molecule has 2 aromatic rings. The highest BCUT2D eigenvalue weighted by Gasteiger charge is 2.06. The fourth-order valence-electron chi connectivity index (χ4n) is 1.56. The molecule has 0 aliphatic heterocycles. The van der Waals surface area contributed by atoms with Gasteiger partial charge in [-0.3, -0.25) is 4.79 Å². The van der Waals surface area contributed by atoms with E-state index in [4.69, 9.17) is 16.0 Å². The minimum absolute atomic E-state index is 0.141. The maximum atomic E-state index is 11.8. The van der Waals surface area contributed by atoms with Gasteiger partial charge in [-0.2, -0.15) is 0 Å². The fourth-order valence-corrected chi connectivity index (χ4v) is 1.75. The van der Waals surface area contributed by atoms with E-state index in [0.717, 1.165) is 5.69 Å². The summed E-state index contributed by atoms with van der Waals surface area (Å²) in [5.41, 5.74) is 1.39. The number of oxazole rings is 1. The van der Waals surface area contributed by atoms with Crippen LogP contribution in [0.3, 0.4) is 0 Å². The highest BCUT2D eigenvalue weighted by Crippen LogP contribution is 2.10. The van der Waals surface area contributed by atoms with Crippen molar-refractivity contribution in [2.24, 2.45) is 0 Å². The lowest BCUT2D eigenvalue weighted by Crippen LogP contribution is -2.25. The van der Waals surface area contributed by atoms with Gasteiger partial charge in [0.1, 0.15) is 6.26 Å². The molecular formula is C13H13ClN2O2. The molecular weight excluding hydrogens is 252 g/mol. The molecule has 1 aromatic carbocycles. The van der Waals surface area contributed by atoms with Crippen molar-refractivity contribution in [3.63, 3.8) is 0 Å². The predicted molar refractivity (Wildman–Crippen MR) is 68.7 cm³/mol. The number of aromatic nitrogens is 1. The molecule has 1 aromatic heterocycles. The molecule has 4 nitrogen and oxygen atoms in total. The zero-order chi connectivity index (χ0) is 13.0. The van der Waals surface area contributed by atoms with Crippen molar-refractivity contribution >= 4 is 17.5 Å². The Labute approximate surface area is 110 Å². The smallest absolute Gasteiger partial charge is 0.251 e. The monoisotopic (exact) mass is 264 g/mol. The number of nitrogens with zero attached hydrogens (tertiary/aromatic N) is 1. The molecule has 0 saturated carbocycles. The third kappa shape index (κ3) is 3.34. The summed E-state index contributed by atoms with van der Waals surface area (Å²) in [5, 5.41) is 3.36. The van der Waals surface area contributed by atoms with Gasteiger partial charge in [0.05, 0.1) is 5.69 Å². The van der Waals surface area contributed by atoms with Crippen LogP contribution in [-0.4, -0.2) is 17.4 Å². The summed E-state index contributed by atoms with van der Waals surface area (Å²) < 4.78 is 5.08. The van der Waals surface area contributed by atoms with E-state index in [1.807, 2.05) is 0 Å². The quantitative estimate of drug-likeness (QED) is 0.924. The summed E-state index contributed by atoms with van der Waals surface area (Å²) in [6.07, 6.45) is 2.24. The van der Waals surface area contributed by atoms with E-state index in [2.05, 4.69) is 10.3 Å². The molecule has 94 valence electrons. The standard InChI is InChI=1S/C13H13ClN2O2/c1-9-16-12(8-18-9)5-6-15-13(17)10-3-2-4-11(14)7-10/h2-4,7-8H,5-6H2,1H3,(H,15,17). The number of carbonyl (C=O) groups excluding carboxylic acids is 1. The molecule has 1 N–H and O–H groups in total. The summed E-state index contributed by atoms with van der Waals surface area (Å²) in [6.45, 7) is 2.30. The summed E-state index contributed by atoms with van der Waals surface area (Å²) in [5.74, 6) is 0.490. The number of benzene rings is 1. The van der Waals surface area contributed by atoms with Crippen molar-refractivity contribution in [1.82, 2.24) is 10.3 Å². The van der Waals surface area contributed by atoms with Gasteiger partial charge in [0.15, 0.2) is 5.89 Å². The Kier molecular flexibility index (Phi) is 3.99. The van der Waals surface area contributed by atoms with Gasteiger partial charge in [0, 0.05) is 30.5 Å². The topological polar surface area (TPSA) is 55.1 Å². The molecule has 18 heavy (non-hydrogen) atoms. The second-order valence-corrected chi connectivity index (χ2v) is 4.31. The number of aryl methyl sites for hydroxylation is 1. The molecule has 0 unspecified atom stereocenters. The Balaban J connectivity index is 1.85. The van der Waals surface area contributed by atoms with Crippen molar-refractivity contribution in [3.8, 4) is 0 Å². The maximum Gasteiger partial charge on any atom is 0.251 e. The van der Waals surface area contributed by atoms with Gasteiger partial charge < -0.3 is 9.73 Å². The maximum absolute atomic E-state index is 11.8. The summed E-state index contributed by atoms with van der Waals surface area (Å²) in [7, 11) is 0. The second-order valence-electron chi connectivity index (χ2n) is 3.87. The number of hydrogen-bond acceptors (Lipinski definition) is 3. The number of halogens is 1. The Hall–Kier alpha value is -1.81. The van der Waals surface area contributed by atoms with Crippen LogP contribution in [0.25, 0.3) is 0 Å². The summed E-state index contributed by atoms with van der Waals surface area (Å²) in [6, 6.07) is 6.84. The van der Waals surface area contributed by atoms with Crippen LogP contribution in [0.2, 0.25) is 5.02 Å². The molecule has 1 amide bonds. The van der Waals surface area contributed by atoms with E-state index < -0.39 is 0 Å². The first kappa shape index (κ1) is 12.6. The summed E-state index contributed by atoms with van der Waals surface area (Å²) in [4.78, 5) is 15.9. The van der Waals surface area contributed by atoms with E-state index in [0.29, 0.717) is 29.4 Å². The first-order valence-corrected chi connectivity index (χ1v) is 5.98. The number of rotatable bonds is 4. The second kappa shape index (κ2) is 5.69. The minimum atomic E-state index is -0.141. The molecule has 0 aliphatic rings. The predicted octanol–water partition coefficient (Wildman–Crippen LogP) is 2.61. The van der Waals surface area contributed by atoms with Gasteiger partial charge >= 0.3 is 0 Å². The summed E-state index contributed by atoms with van der Waals surface area (Å²) >= 11 is 5.82. The van der Waals surface area contributed by atoms with Crippen LogP contribution in [0.4, 0.5) is 0 Å². The van der Waals surface area contributed by atoms with E-state index >= 15 is 0 Å². The zero-order valence-electron chi connectivity index (χ0n) is 9.94. The van der Waals surface area contributed by atoms with Crippen molar-refractivity contribution in [3.05, 3.63) is 52.7 Å². The first-order valence-electron chi connectivity index (χ1n) is 5.60. The molecule has 0 aliphatic carbocycles. The first-order chi connectivity index (χ1) is 8.65. The van der Waals surface area contributed by atoms with Crippen LogP contribution in [-0.2, 0) is 6.42 Å². The van der Waals surface area contributed by atoms with Crippen molar-refractivity contribution in [2.75, 3.05) is 6.54 Å². The Morgan fingerprint density at radius 2 is 2.33 bits per heavy atom. The van der Waals surface area contributed by atoms with Crippen LogP contribution < -0.4 is 5.32 Å². The third-order valence-corrected chi connectivity index (χ3v) is 2.66. The molecule has 0 bridgehead atoms. The van der Waals surface area contributed by atoms with Crippen LogP contribution in [0.15, 0.2) is 34.9 Å². The van der Waals surface area contributed by atoms with Crippen LogP contribution >= 0.6 is 11.6 Å². The van der Waals surface area contributed by atoms with E-state index in [9.17, 15) is 4.79 Å². The van der Waals surface area contributed by atoms with Gasteiger partial charge in [-0.25, -0.2) is 4.98 Å². The Morgan fingerprint density at radius 3 is 3.00 bits per heavy atom. The fraction of sp³-hybridized carbons (Fsp3) is 0.231. The average molecular weight is 265 g/mol. The molecule has 1 heterocycles. The highest BCUT2D eigenvalue weighted by atomic mass is 35.5. The lowest BCUT2D eigenvalue weighted by Gasteiger charge is -2.04.